The van der Waals surface area contributed by atoms with Crippen molar-refractivity contribution >= 4 is 18.0 Å². The summed E-state index contributed by atoms with van der Waals surface area (Å²) in [4.78, 5) is 24.2. The van der Waals surface area contributed by atoms with Gasteiger partial charge in [0.2, 0.25) is 5.91 Å². The van der Waals surface area contributed by atoms with Crippen molar-refractivity contribution in [1.29, 1.82) is 0 Å². The van der Waals surface area contributed by atoms with Gasteiger partial charge in [-0.15, -0.1) is 0 Å². The van der Waals surface area contributed by atoms with E-state index in [0.29, 0.717) is 24.7 Å². The van der Waals surface area contributed by atoms with E-state index in [-0.39, 0.29) is 18.5 Å². The van der Waals surface area contributed by atoms with Crippen molar-refractivity contribution in [2.45, 2.75) is 19.9 Å². The zero-order valence-corrected chi connectivity index (χ0v) is 12.6. The topological polar surface area (TPSA) is 76.1 Å². The summed E-state index contributed by atoms with van der Waals surface area (Å²) < 4.78 is 10.9. The predicted molar refractivity (Wildman–Crippen MR) is 81.0 cm³/mol. The minimum atomic E-state index is -1.03. The van der Waals surface area contributed by atoms with Gasteiger partial charge in [-0.1, -0.05) is 6.07 Å². The van der Waals surface area contributed by atoms with Gasteiger partial charge in [-0.05, 0) is 37.6 Å². The van der Waals surface area contributed by atoms with Gasteiger partial charge in [-0.25, -0.2) is 0 Å². The van der Waals surface area contributed by atoms with Gasteiger partial charge in [0.05, 0.1) is 0 Å². The molecule has 2 rings (SSSR count). The Morgan fingerprint density at radius 2 is 1.95 bits per heavy atom. The highest BCUT2D eigenvalue weighted by atomic mass is 16.6. The number of carbonyl (C=O) groups excluding carboxylic acids is 1. The highest BCUT2D eigenvalue weighted by Crippen LogP contribution is 2.31. The van der Waals surface area contributed by atoms with Crippen LogP contribution in [-0.2, 0) is 9.59 Å². The molecule has 0 radical (unpaired) electrons. The predicted octanol–water partition coefficient (Wildman–Crippen LogP) is 1.79. The molecule has 0 aromatic heterocycles. The molecule has 1 aliphatic rings. The molecule has 6 heteroatoms. The largest absolute Gasteiger partial charge is 0.486 e. The van der Waals surface area contributed by atoms with Crippen LogP contribution in [0, 0.1) is 0 Å². The summed E-state index contributed by atoms with van der Waals surface area (Å²) >= 11 is 0. The van der Waals surface area contributed by atoms with Crippen molar-refractivity contribution in [2.24, 2.45) is 0 Å². The number of carboxylic acids is 1. The van der Waals surface area contributed by atoms with E-state index in [0.717, 1.165) is 5.56 Å². The minimum absolute atomic E-state index is 0.187. The van der Waals surface area contributed by atoms with Crippen molar-refractivity contribution in [3.05, 3.63) is 29.8 Å². The number of benzene rings is 1. The normalized spacial score (nSPS) is 13.4. The first kappa shape index (κ1) is 15.9. The van der Waals surface area contributed by atoms with E-state index in [2.05, 4.69) is 0 Å². The lowest BCUT2D eigenvalue weighted by Crippen LogP contribution is -2.39. The van der Waals surface area contributed by atoms with Crippen LogP contribution in [0.4, 0.5) is 0 Å². The van der Waals surface area contributed by atoms with Crippen LogP contribution in [0.2, 0.25) is 0 Å². The lowest BCUT2D eigenvalue weighted by atomic mass is 10.1. The monoisotopic (exact) mass is 305 g/mol. The minimum Gasteiger partial charge on any atom is -0.486 e. The molecule has 1 amide bonds. The van der Waals surface area contributed by atoms with Crippen LogP contribution in [0.15, 0.2) is 24.3 Å². The zero-order valence-electron chi connectivity index (χ0n) is 12.6. The quantitative estimate of drug-likeness (QED) is 0.839. The molecule has 6 nitrogen and oxygen atoms in total. The lowest BCUT2D eigenvalue weighted by molar-refractivity contribution is -0.143. The van der Waals surface area contributed by atoms with Crippen molar-refractivity contribution < 1.29 is 24.2 Å². The molecular formula is C16H19NO5. The third-order valence-corrected chi connectivity index (χ3v) is 3.20. The summed E-state index contributed by atoms with van der Waals surface area (Å²) in [6, 6.07) is 5.20. The molecule has 1 aromatic rings. The van der Waals surface area contributed by atoms with E-state index in [1.54, 1.807) is 32.1 Å². The molecule has 0 saturated carbocycles. The molecule has 1 aliphatic heterocycles. The van der Waals surface area contributed by atoms with Gasteiger partial charge in [0, 0.05) is 12.1 Å². The number of hydrogen-bond acceptors (Lipinski definition) is 4. The molecule has 0 spiro atoms. The first-order valence-corrected chi connectivity index (χ1v) is 7.07. The second kappa shape index (κ2) is 6.98. The van der Waals surface area contributed by atoms with Crippen LogP contribution >= 0.6 is 0 Å². The Bertz CT molecular complexity index is 594. The summed E-state index contributed by atoms with van der Waals surface area (Å²) in [6.45, 7) is 4.26. The average Bonchev–Trinajstić information content (AvgIpc) is 2.49. The Morgan fingerprint density at radius 1 is 1.27 bits per heavy atom. The SMILES string of the molecule is CC(C)N(CC(=O)O)C(=O)C=Cc1ccc2c(c1)OCCO2. The smallest absolute Gasteiger partial charge is 0.323 e. The number of aliphatic carboxylic acids is 1. The summed E-state index contributed by atoms with van der Waals surface area (Å²) in [7, 11) is 0. The molecule has 0 aliphatic carbocycles. The molecule has 0 fully saturated rings. The van der Waals surface area contributed by atoms with Crippen LogP contribution in [0.25, 0.3) is 6.08 Å². The number of carboxylic acid groups (broad SMARTS) is 1. The number of nitrogens with zero attached hydrogens (tertiary/aromatic N) is 1. The number of rotatable bonds is 5. The summed E-state index contributed by atoms with van der Waals surface area (Å²) in [5.41, 5.74) is 0.789. The van der Waals surface area contributed by atoms with Gasteiger partial charge < -0.3 is 19.5 Å². The van der Waals surface area contributed by atoms with Crippen LogP contribution in [0.1, 0.15) is 19.4 Å². The van der Waals surface area contributed by atoms with Crippen LogP contribution in [-0.4, -0.2) is 47.7 Å². The fraction of sp³-hybridized carbons (Fsp3) is 0.375. The van der Waals surface area contributed by atoms with Gasteiger partial charge in [0.25, 0.3) is 0 Å². The molecule has 1 aromatic carbocycles. The first-order chi connectivity index (χ1) is 10.5. The van der Waals surface area contributed by atoms with Crippen molar-refractivity contribution in [3.8, 4) is 11.5 Å². The summed E-state index contributed by atoms with van der Waals surface area (Å²) in [5.74, 6) is -0.0430. The summed E-state index contributed by atoms with van der Waals surface area (Å²) in [5, 5.41) is 8.85. The molecule has 0 unspecified atom stereocenters. The Morgan fingerprint density at radius 3 is 2.59 bits per heavy atom. The third kappa shape index (κ3) is 4.00. The summed E-state index contributed by atoms with van der Waals surface area (Å²) in [6.07, 6.45) is 3.01. The highest BCUT2D eigenvalue weighted by molar-refractivity contribution is 5.93. The van der Waals surface area contributed by atoms with Crippen molar-refractivity contribution in [2.75, 3.05) is 19.8 Å². The fourth-order valence-electron chi connectivity index (χ4n) is 2.09. The molecule has 0 saturated heterocycles. The molecule has 0 atom stereocenters. The standard InChI is InChI=1S/C16H19NO5/c1-11(2)17(10-16(19)20)15(18)6-4-12-3-5-13-14(9-12)22-8-7-21-13/h3-6,9,11H,7-8,10H2,1-2H3,(H,19,20). The van der Waals surface area contributed by atoms with Crippen LogP contribution in [0.3, 0.4) is 0 Å². The van der Waals surface area contributed by atoms with E-state index in [1.807, 2.05) is 6.07 Å². The van der Waals surface area contributed by atoms with E-state index in [4.69, 9.17) is 14.6 Å². The van der Waals surface area contributed by atoms with E-state index >= 15 is 0 Å². The number of carbonyl (C=O) groups is 2. The number of fused-ring (bicyclic) bond motifs is 1. The van der Waals surface area contributed by atoms with Crippen LogP contribution < -0.4 is 9.47 Å². The van der Waals surface area contributed by atoms with Crippen molar-refractivity contribution in [3.63, 3.8) is 0 Å². The second-order valence-electron chi connectivity index (χ2n) is 5.19. The number of ether oxygens (including phenoxy) is 2. The third-order valence-electron chi connectivity index (χ3n) is 3.20. The van der Waals surface area contributed by atoms with Gasteiger partial charge in [0.1, 0.15) is 19.8 Å². The number of amides is 1. The van der Waals surface area contributed by atoms with E-state index < -0.39 is 5.97 Å². The molecule has 1 heterocycles. The Hall–Kier alpha value is -2.50. The Balaban J connectivity index is 2.09. The average molecular weight is 305 g/mol. The molecule has 118 valence electrons. The van der Waals surface area contributed by atoms with Gasteiger partial charge >= 0.3 is 5.97 Å². The van der Waals surface area contributed by atoms with E-state index in [9.17, 15) is 9.59 Å². The van der Waals surface area contributed by atoms with Crippen molar-refractivity contribution in [1.82, 2.24) is 4.90 Å². The molecule has 1 N–H and O–H groups in total. The highest BCUT2D eigenvalue weighted by Gasteiger charge is 2.17. The molecule has 0 bridgehead atoms. The molecular weight excluding hydrogens is 286 g/mol. The maximum Gasteiger partial charge on any atom is 0.323 e. The second-order valence-corrected chi connectivity index (χ2v) is 5.19. The maximum atomic E-state index is 12.1. The van der Waals surface area contributed by atoms with Gasteiger partial charge in [-0.2, -0.15) is 0 Å². The Kier molecular flexibility index (Phi) is 5.04. The first-order valence-electron chi connectivity index (χ1n) is 7.07. The Labute approximate surface area is 128 Å². The maximum absolute atomic E-state index is 12.1. The van der Waals surface area contributed by atoms with Crippen LogP contribution in [0.5, 0.6) is 11.5 Å². The van der Waals surface area contributed by atoms with Gasteiger partial charge in [0.15, 0.2) is 11.5 Å². The molecule has 22 heavy (non-hydrogen) atoms. The van der Waals surface area contributed by atoms with Gasteiger partial charge in [-0.3, -0.25) is 9.59 Å². The van der Waals surface area contributed by atoms with E-state index in [1.165, 1.54) is 11.0 Å². The zero-order chi connectivity index (χ0) is 16.1. The number of hydrogen-bond donors (Lipinski definition) is 1. The lowest BCUT2D eigenvalue weighted by Gasteiger charge is -2.23. The fourth-order valence-corrected chi connectivity index (χ4v) is 2.09.